The molecule has 1 aromatic heterocycles. The average molecular weight is 213 g/mol. The van der Waals surface area contributed by atoms with Crippen LogP contribution in [0, 0.1) is 6.92 Å². The molecule has 4 nitrogen and oxygen atoms in total. The van der Waals surface area contributed by atoms with Crippen molar-refractivity contribution in [3.05, 3.63) is 16.1 Å². The molecule has 0 aromatic carbocycles. The molecule has 1 unspecified atom stereocenters. The number of carbonyl (C=O) groups excluding carboxylic acids is 1. The second-order valence-electron chi connectivity index (χ2n) is 3.09. The summed E-state index contributed by atoms with van der Waals surface area (Å²) >= 11 is 1.54. The highest BCUT2D eigenvalue weighted by molar-refractivity contribution is 7.09. The quantitative estimate of drug-likeness (QED) is 0.777. The van der Waals surface area contributed by atoms with Gasteiger partial charge < -0.3 is 11.1 Å². The molecule has 0 aliphatic heterocycles. The highest BCUT2D eigenvalue weighted by Gasteiger charge is 2.10. The number of aryl methyl sites for hydroxylation is 1. The third kappa shape index (κ3) is 2.78. The SMILES string of the molecule is CCC(N)C(=O)NCc1scnc1C. The van der Waals surface area contributed by atoms with Crippen LogP contribution < -0.4 is 11.1 Å². The van der Waals surface area contributed by atoms with Crippen LogP contribution in [0.15, 0.2) is 5.51 Å². The predicted molar refractivity (Wildman–Crippen MR) is 57.0 cm³/mol. The molecule has 5 heteroatoms. The maximum Gasteiger partial charge on any atom is 0.237 e. The van der Waals surface area contributed by atoms with Gasteiger partial charge in [0, 0.05) is 4.88 Å². The van der Waals surface area contributed by atoms with E-state index in [1.807, 2.05) is 13.8 Å². The molecule has 1 rings (SSSR count). The van der Waals surface area contributed by atoms with E-state index in [0.717, 1.165) is 10.6 Å². The van der Waals surface area contributed by atoms with Gasteiger partial charge in [-0.25, -0.2) is 4.98 Å². The highest BCUT2D eigenvalue weighted by atomic mass is 32.1. The van der Waals surface area contributed by atoms with E-state index in [0.29, 0.717) is 13.0 Å². The van der Waals surface area contributed by atoms with Crippen molar-refractivity contribution in [3.8, 4) is 0 Å². The maximum atomic E-state index is 11.3. The number of hydrogen-bond donors (Lipinski definition) is 2. The summed E-state index contributed by atoms with van der Waals surface area (Å²) in [5, 5.41) is 2.78. The monoisotopic (exact) mass is 213 g/mol. The molecule has 0 radical (unpaired) electrons. The zero-order valence-corrected chi connectivity index (χ0v) is 9.23. The van der Waals surface area contributed by atoms with E-state index >= 15 is 0 Å². The van der Waals surface area contributed by atoms with Crippen LogP contribution >= 0.6 is 11.3 Å². The number of amides is 1. The number of rotatable bonds is 4. The first kappa shape index (κ1) is 11.1. The largest absolute Gasteiger partial charge is 0.350 e. The Kier molecular flexibility index (Phi) is 4.03. The molecule has 1 aromatic rings. The summed E-state index contributed by atoms with van der Waals surface area (Å²) < 4.78 is 0. The Bertz CT molecular complexity index is 311. The second kappa shape index (κ2) is 5.07. The lowest BCUT2D eigenvalue weighted by Crippen LogP contribution is -2.39. The fourth-order valence-electron chi connectivity index (χ4n) is 0.980. The first-order valence-electron chi connectivity index (χ1n) is 4.57. The number of hydrogen-bond acceptors (Lipinski definition) is 4. The summed E-state index contributed by atoms with van der Waals surface area (Å²) in [5.74, 6) is -0.0969. The molecule has 1 heterocycles. The van der Waals surface area contributed by atoms with E-state index in [9.17, 15) is 4.79 Å². The van der Waals surface area contributed by atoms with E-state index in [1.165, 1.54) is 0 Å². The molecular formula is C9H15N3OS. The van der Waals surface area contributed by atoms with Crippen LogP contribution in [0.2, 0.25) is 0 Å². The molecule has 0 saturated carbocycles. The molecule has 0 saturated heterocycles. The van der Waals surface area contributed by atoms with Gasteiger partial charge in [-0.1, -0.05) is 6.92 Å². The minimum absolute atomic E-state index is 0.0969. The van der Waals surface area contributed by atoms with Crippen molar-refractivity contribution in [2.75, 3.05) is 0 Å². The van der Waals surface area contributed by atoms with E-state index in [4.69, 9.17) is 5.73 Å². The summed E-state index contributed by atoms with van der Waals surface area (Å²) in [6.45, 7) is 4.35. The fraction of sp³-hybridized carbons (Fsp3) is 0.556. The lowest BCUT2D eigenvalue weighted by Gasteiger charge is -2.08. The van der Waals surface area contributed by atoms with Crippen molar-refractivity contribution >= 4 is 17.2 Å². The van der Waals surface area contributed by atoms with Gasteiger partial charge in [-0.3, -0.25) is 4.79 Å². The number of carbonyl (C=O) groups is 1. The van der Waals surface area contributed by atoms with Crippen LogP contribution in [-0.2, 0) is 11.3 Å². The van der Waals surface area contributed by atoms with Crippen LogP contribution in [0.1, 0.15) is 23.9 Å². The van der Waals surface area contributed by atoms with Gasteiger partial charge in [0.2, 0.25) is 5.91 Å². The average Bonchev–Trinajstić information content (AvgIpc) is 2.59. The molecule has 0 aliphatic rings. The fourth-order valence-corrected chi connectivity index (χ4v) is 1.70. The third-order valence-electron chi connectivity index (χ3n) is 2.04. The Morgan fingerprint density at radius 2 is 2.50 bits per heavy atom. The number of nitrogens with zero attached hydrogens (tertiary/aromatic N) is 1. The summed E-state index contributed by atoms with van der Waals surface area (Å²) in [4.78, 5) is 16.5. The third-order valence-corrected chi connectivity index (χ3v) is 2.98. The second-order valence-corrected chi connectivity index (χ2v) is 4.03. The van der Waals surface area contributed by atoms with E-state index in [1.54, 1.807) is 16.8 Å². The number of nitrogens with two attached hydrogens (primary N) is 1. The van der Waals surface area contributed by atoms with Crippen LogP contribution in [0.25, 0.3) is 0 Å². The lowest BCUT2D eigenvalue weighted by molar-refractivity contribution is -0.122. The predicted octanol–water partition coefficient (Wildman–Crippen LogP) is 0.805. The normalized spacial score (nSPS) is 12.5. The first-order valence-corrected chi connectivity index (χ1v) is 5.45. The lowest BCUT2D eigenvalue weighted by atomic mass is 10.2. The van der Waals surface area contributed by atoms with Crippen molar-refractivity contribution in [1.82, 2.24) is 10.3 Å². The number of aromatic nitrogens is 1. The van der Waals surface area contributed by atoms with Gasteiger partial charge in [0.1, 0.15) is 0 Å². The van der Waals surface area contributed by atoms with Gasteiger partial charge in [-0.2, -0.15) is 0 Å². The van der Waals surface area contributed by atoms with Gasteiger partial charge in [-0.05, 0) is 13.3 Å². The van der Waals surface area contributed by atoms with Gasteiger partial charge in [0.05, 0.1) is 23.8 Å². The van der Waals surface area contributed by atoms with Crippen molar-refractivity contribution in [2.45, 2.75) is 32.9 Å². The maximum absolute atomic E-state index is 11.3. The van der Waals surface area contributed by atoms with E-state index in [-0.39, 0.29) is 5.91 Å². The van der Waals surface area contributed by atoms with E-state index in [2.05, 4.69) is 10.3 Å². The van der Waals surface area contributed by atoms with Crippen LogP contribution in [0.4, 0.5) is 0 Å². The van der Waals surface area contributed by atoms with Gasteiger partial charge in [0.25, 0.3) is 0 Å². The Morgan fingerprint density at radius 1 is 1.79 bits per heavy atom. The summed E-state index contributed by atoms with van der Waals surface area (Å²) in [5.41, 5.74) is 8.32. The molecule has 0 bridgehead atoms. The smallest absolute Gasteiger partial charge is 0.237 e. The van der Waals surface area contributed by atoms with Gasteiger partial charge in [0.15, 0.2) is 0 Å². The topological polar surface area (TPSA) is 68.0 Å². The molecule has 3 N–H and O–H groups in total. The van der Waals surface area contributed by atoms with Crippen molar-refractivity contribution < 1.29 is 4.79 Å². The van der Waals surface area contributed by atoms with Gasteiger partial charge >= 0.3 is 0 Å². The Balaban J connectivity index is 2.41. The van der Waals surface area contributed by atoms with Crippen LogP contribution in [0.3, 0.4) is 0 Å². The first-order chi connectivity index (χ1) is 6.65. The van der Waals surface area contributed by atoms with E-state index < -0.39 is 6.04 Å². The van der Waals surface area contributed by atoms with Crippen LogP contribution in [0.5, 0.6) is 0 Å². The summed E-state index contributed by atoms with van der Waals surface area (Å²) in [6.07, 6.45) is 0.660. The summed E-state index contributed by atoms with van der Waals surface area (Å²) in [6, 6.07) is -0.400. The van der Waals surface area contributed by atoms with Crippen molar-refractivity contribution in [3.63, 3.8) is 0 Å². The minimum atomic E-state index is -0.400. The highest BCUT2D eigenvalue weighted by Crippen LogP contribution is 2.11. The zero-order chi connectivity index (χ0) is 10.6. The summed E-state index contributed by atoms with van der Waals surface area (Å²) in [7, 11) is 0. The Labute approximate surface area is 87.5 Å². The Morgan fingerprint density at radius 3 is 3.00 bits per heavy atom. The van der Waals surface area contributed by atoms with Crippen LogP contribution in [-0.4, -0.2) is 16.9 Å². The standard InChI is InChI=1S/C9H15N3OS/c1-3-7(10)9(13)11-4-8-6(2)12-5-14-8/h5,7H,3-4,10H2,1-2H3,(H,11,13). The molecule has 1 amide bonds. The zero-order valence-electron chi connectivity index (χ0n) is 8.41. The molecule has 0 spiro atoms. The Hall–Kier alpha value is -0.940. The minimum Gasteiger partial charge on any atom is -0.350 e. The molecular weight excluding hydrogens is 198 g/mol. The molecule has 0 aliphatic carbocycles. The molecule has 14 heavy (non-hydrogen) atoms. The van der Waals surface area contributed by atoms with Crippen molar-refractivity contribution in [2.24, 2.45) is 5.73 Å². The number of thiazole rings is 1. The number of nitrogens with one attached hydrogen (secondary N) is 1. The van der Waals surface area contributed by atoms with Crippen molar-refractivity contribution in [1.29, 1.82) is 0 Å². The molecule has 78 valence electrons. The molecule has 1 atom stereocenters. The van der Waals surface area contributed by atoms with Gasteiger partial charge in [-0.15, -0.1) is 11.3 Å². The molecule has 0 fully saturated rings.